The van der Waals surface area contributed by atoms with E-state index in [1.54, 1.807) is 0 Å². The first-order chi connectivity index (χ1) is 22.8. The molecule has 0 atom stereocenters. The second kappa shape index (κ2) is 9.47. The van der Waals surface area contributed by atoms with Crippen molar-refractivity contribution in [1.82, 2.24) is 9.97 Å². The Morgan fingerprint density at radius 2 is 1.09 bits per heavy atom. The molecule has 6 aromatic carbocycles. The van der Waals surface area contributed by atoms with Crippen LogP contribution in [0.4, 0.5) is 0 Å². The van der Waals surface area contributed by atoms with Crippen LogP contribution in [-0.4, -0.2) is 9.97 Å². The van der Waals surface area contributed by atoms with Crippen molar-refractivity contribution in [3.63, 3.8) is 0 Å². The summed E-state index contributed by atoms with van der Waals surface area (Å²) in [5.74, 6) is 1.78. The number of rotatable bonds is 2. The summed E-state index contributed by atoms with van der Waals surface area (Å²) in [5, 5.41) is 2.17. The number of hydrogen-bond acceptors (Lipinski definition) is 3. The Balaban J connectivity index is 1.20. The van der Waals surface area contributed by atoms with Gasteiger partial charge in [-0.2, -0.15) is 0 Å². The highest BCUT2D eigenvalue weighted by Crippen LogP contribution is 2.63. The lowest BCUT2D eigenvalue weighted by atomic mass is 9.65. The molecule has 0 unspecified atom stereocenters. The van der Waals surface area contributed by atoms with Crippen molar-refractivity contribution in [2.24, 2.45) is 0 Å². The molecule has 214 valence electrons. The number of nitrogens with zero attached hydrogens (tertiary/aromatic N) is 2. The van der Waals surface area contributed by atoms with Gasteiger partial charge in [0.1, 0.15) is 11.5 Å². The van der Waals surface area contributed by atoms with E-state index in [0.717, 1.165) is 61.3 Å². The Morgan fingerprint density at radius 1 is 0.457 bits per heavy atom. The maximum absolute atomic E-state index is 6.91. The quantitative estimate of drug-likeness (QED) is 0.189. The molecule has 1 aliphatic carbocycles. The topological polar surface area (TPSA) is 35.0 Å². The van der Waals surface area contributed by atoms with E-state index >= 15 is 0 Å². The molecule has 1 aliphatic heterocycles. The largest absolute Gasteiger partial charge is 0.456 e. The Labute approximate surface area is 266 Å². The number of benzene rings is 6. The summed E-state index contributed by atoms with van der Waals surface area (Å²) in [6, 6.07) is 54.0. The van der Waals surface area contributed by atoms with Gasteiger partial charge in [-0.3, -0.25) is 4.98 Å². The van der Waals surface area contributed by atoms with Crippen molar-refractivity contribution in [2.45, 2.75) is 5.41 Å². The lowest BCUT2D eigenvalue weighted by Crippen LogP contribution is -2.32. The van der Waals surface area contributed by atoms with Crippen LogP contribution in [0.15, 0.2) is 158 Å². The number of fused-ring (bicyclic) bond motifs is 12. The second-order valence-corrected chi connectivity index (χ2v) is 12.1. The molecule has 10 rings (SSSR count). The molecule has 0 fully saturated rings. The number of pyridine rings is 2. The minimum Gasteiger partial charge on any atom is -0.456 e. The molecule has 8 aromatic rings. The molecule has 0 bridgehead atoms. The Hall–Kier alpha value is -6.06. The minimum atomic E-state index is -0.487. The first-order valence-electron chi connectivity index (χ1n) is 15.7. The van der Waals surface area contributed by atoms with Crippen LogP contribution in [-0.2, 0) is 5.41 Å². The third-order valence-electron chi connectivity index (χ3n) is 9.78. The first kappa shape index (κ1) is 25.3. The predicted octanol–water partition coefficient (Wildman–Crippen LogP) is 10.6. The van der Waals surface area contributed by atoms with Gasteiger partial charge in [0, 0.05) is 39.2 Å². The third-order valence-corrected chi connectivity index (χ3v) is 9.78. The number of hydrogen-bond donors (Lipinski definition) is 0. The monoisotopic (exact) mass is 586 g/mol. The van der Waals surface area contributed by atoms with E-state index in [1.165, 1.54) is 27.8 Å². The predicted molar refractivity (Wildman–Crippen MR) is 185 cm³/mol. The lowest BCUT2D eigenvalue weighted by Gasteiger charge is -2.40. The van der Waals surface area contributed by atoms with Gasteiger partial charge in [-0.15, -0.1) is 0 Å². The maximum Gasteiger partial charge on any atom is 0.140 e. The fraction of sp³-hybridized carbons (Fsp3) is 0.0233. The summed E-state index contributed by atoms with van der Waals surface area (Å²) in [6.45, 7) is 0. The van der Waals surface area contributed by atoms with Crippen LogP contribution in [0.3, 0.4) is 0 Å². The van der Waals surface area contributed by atoms with Crippen LogP contribution in [0.5, 0.6) is 11.5 Å². The Bertz CT molecular complexity index is 2490. The van der Waals surface area contributed by atoms with Crippen molar-refractivity contribution in [1.29, 1.82) is 0 Å². The van der Waals surface area contributed by atoms with Crippen LogP contribution in [0.1, 0.15) is 22.3 Å². The smallest absolute Gasteiger partial charge is 0.140 e. The van der Waals surface area contributed by atoms with Crippen molar-refractivity contribution >= 4 is 21.8 Å². The Morgan fingerprint density at radius 3 is 1.91 bits per heavy atom. The molecule has 0 saturated heterocycles. The van der Waals surface area contributed by atoms with E-state index in [-0.39, 0.29) is 0 Å². The molecule has 0 N–H and O–H groups in total. The van der Waals surface area contributed by atoms with Crippen LogP contribution in [0, 0.1) is 0 Å². The lowest BCUT2D eigenvalue weighted by molar-refractivity contribution is 0.438. The van der Waals surface area contributed by atoms with E-state index < -0.39 is 5.41 Å². The molecule has 2 aromatic heterocycles. The van der Waals surface area contributed by atoms with Crippen molar-refractivity contribution in [3.05, 3.63) is 180 Å². The first-order valence-corrected chi connectivity index (χ1v) is 15.7. The summed E-state index contributed by atoms with van der Waals surface area (Å²) >= 11 is 0. The van der Waals surface area contributed by atoms with Gasteiger partial charge in [0.2, 0.25) is 0 Å². The molecule has 2 aliphatic rings. The standard InChI is InChI=1S/C43H26N2O/c1-3-16-34-32(13-1)33-14-2-4-17-35(33)43(34)36-18-5-6-20-39(36)46-42-31(15-8-19-37(42)43)29-10-7-11-30(26-29)38-24-23-28-22-21-27-12-9-25-44-40(27)41(28)45-38/h1-26H. The molecule has 0 radical (unpaired) electrons. The van der Waals surface area contributed by atoms with Crippen molar-refractivity contribution < 1.29 is 4.74 Å². The van der Waals surface area contributed by atoms with E-state index in [0.29, 0.717) is 0 Å². The molecular formula is C43H26N2O. The molecule has 3 heteroatoms. The van der Waals surface area contributed by atoms with Gasteiger partial charge in [-0.05, 0) is 52.1 Å². The zero-order valence-electron chi connectivity index (χ0n) is 24.8. The molecular weight excluding hydrogens is 560 g/mol. The second-order valence-electron chi connectivity index (χ2n) is 12.1. The fourth-order valence-corrected chi connectivity index (χ4v) is 7.84. The number of para-hydroxylation sites is 2. The summed E-state index contributed by atoms with van der Waals surface area (Å²) < 4.78 is 6.91. The maximum atomic E-state index is 6.91. The Kier molecular flexibility index (Phi) is 5.20. The highest BCUT2D eigenvalue weighted by Gasteiger charge is 2.51. The molecule has 0 saturated carbocycles. The molecule has 3 heterocycles. The third kappa shape index (κ3) is 3.37. The highest BCUT2D eigenvalue weighted by atomic mass is 16.5. The van der Waals surface area contributed by atoms with Gasteiger partial charge in [0.05, 0.1) is 22.1 Å². The van der Waals surface area contributed by atoms with E-state index in [4.69, 9.17) is 9.72 Å². The van der Waals surface area contributed by atoms with Crippen LogP contribution in [0.2, 0.25) is 0 Å². The molecule has 3 nitrogen and oxygen atoms in total. The van der Waals surface area contributed by atoms with Gasteiger partial charge in [-0.1, -0.05) is 127 Å². The van der Waals surface area contributed by atoms with Crippen molar-refractivity contribution in [2.75, 3.05) is 0 Å². The summed E-state index contributed by atoms with van der Waals surface area (Å²) in [4.78, 5) is 9.80. The number of ether oxygens (including phenoxy) is 1. The summed E-state index contributed by atoms with van der Waals surface area (Å²) in [5.41, 5.74) is 12.9. The minimum absolute atomic E-state index is 0.487. The average Bonchev–Trinajstić information content (AvgIpc) is 3.42. The van der Waals surface area contributed by atoms with Gasteiger partial charge in [-0.25, -0.2) is 4.98 Å². The van der Waals surface area contributed by atoms with Gasteiger partial charge in [0.15, 0.2) is 0 Å². The summed E-state index contributed by atoms with van der Waals surface area (Å²) in [7, 11) is 0. The van der Waals surface area contributed by atoms with Crippen LogP contribution in [0.25, 0.3) is 55.3 Å². The molecule has 46 heavy (non-hydrogen) atoms. The van der Waals surface area contributed by atoms with E-state index in [9.17, 15) is 0 Å². The fourth-order valence-electron chi connectivity index (χ4n) is 7.84. The van der Waals surface area contributed by atoms with E-state index in [2.05, 4.69) is 151 Å². The van der Waals surface area contributed by atoms with E-state index in [1.807, 2.05) is 12.3 Å². The normalized spacial score (nSPS) is 13.6. The summed E-state index contributed by atoms with van der Waals surface area (Å²) in [6.07, 6.45) is 1.83. The molecule has 1 spiro atoms. The van der Waals surface area contributed by atoms with Gasteiger partial charge in [0.25, 0.3) is 0 Å². The average molecular weight is 587 g/mol. The van der Waals surface area contributed by atoms with Crippen molar-refractivity contribution in [3.8, 4) is 45.0 Å². The zero-order valence-corrected chi connectivity index (χ0v) is 24.8. The van der Waals surface area contributed by atoms with Crippen LogP contribution >= 0.6 is 0 Å². The molecule has 0 amide bonds. The highest BCUT2D eigenvalue weighted by molar-refractivity contribution is 6.03. The SMILES string of the molecule is c1cc(-c2ccc3ccc4cccnc4c3n2)cc(-c2cccc3c2Oc2ccccc2C32c3ccccc3-c3ccccc32)c1. The van der Waals surface area contributed by atoms with Gasteiger partial charge >= 0.3 is 0 Å². The van der Waals surface area contributed by atoms with Crippen LogP contribution < -0.4 is 4.74 Å². The zero-order chi connectivity index (χ0) is 30.2. The van der Waals surface area contributed by atoms with Gasteiger partial charge < -0.3 is 4.74 Å². The number of aromatic nitrogens is 2.